The zero-order valence-corrected chi connectivity index (χ0v) is 16.1. The third-order valence-corrected chi connectivity index (χ3v) is 6.91. The smallest absolute Gasteiger partial charge is 0.0886 e. The molecule has 7 heteroatoms. The van der Waals surface area contributed by atoms with Gasteiger partial charge in [-0.1, -0.05) is 0 Å². The average Bonchev–Trinajstić information content (AvgIpc) is 3.34. The highest BCUT2D eigenvalue weighted by Gasteiger charge is 2.46. The van der Waals surface area contributed by atoms with Crippen molar-refractivity contribution in [2.24, 2.45) is 7.05 Å². The van der Waals surface area contributed by atoms with Gasteiger partial charge in [0.1, 0.15) is 0 Å². The number of hydrogen-bond donors (Lipinski definition) is 1. The van der Waals surface area contributed by atoms with Crippen LogP contribution in [0.2, 0.25) is 0 Å². The Bertz CT molecular complexity index is 1010. The van der Waals surface area contributed by atoms with E-state index in [0.29, 0.717) is 18.1 Å². The van der Waals surface area contributed by atoms with Gasteiger partial charge in [-0.05, 0) is 37.8 Å². The van der Waals surface area contributed by atoms with Gasteiger partial charge in [0.15, 0.2) is 0 Å². The van der Waals surface area contributed by atoms with E-state index in [1.165, 1.54) is 18.5 Å². The molecule has 3 aromatic heterocycles. The van der Waals surface area contributed by atoms with Crippen molar-refractivity contribution >= 4 is 11.2 Å². The molecule has 2 atom stereocenters. The Morgan fingerprint density at radius 3 is 2.46 bits per heavy atom. The van der Waals surface area contributed by atoms with Crippen LogP contribution in [-0.4, -0.2) is 66.7 Å². The van der Waals surface area contributed by atoms with Crippen molar-refractivity contribution in [3.05, 3.63) is 36.9 Å². The van der Waals surface area contributed by atoms with E-state index < -0.39 is 0 Å². The first-order valence-corrected chi connectivity index (χ1v) is 10.3. The third kappa shape index (κ3) is 2.49. The summed E-state index contributed by atoms with van der Waals surface area (Å²) in [5.41, 5.74) is 4.70. The molecule has 3 aliphatic rings. The van der Waals surface area contributed by atoms with E-state index in [1.807, 2.05) is 34.8 Å². The summed E-state index contributed by atoms with van der Waals surface area (Å²) >= 11 is 0. The molecule has 2 aliphatic heterocycles. The van der Waals surface area contributed by atoms with Gasteiger partial charge < -0.3 is 10.0 Å². The number of nitrogens with zero attached hydrogens (tertiary/aromatic N) is 6. The molecule has 0 amide bonds. The summed E-state index contributed by atoms with van der Waals surface area (Å²) in [5.74, 6) is 0. The van der Waals surface area contributed by atoms with Crippen LogP contribution in [0.4, 0.5) is 5.69 Å². The number of fused-ring (bicyclic) bond motifs is 3. The van der Waals surface area contributed by atoms with E-state index in [2.05, 4.69) is 38.3 Å². The molecule has 3 fully saturated rings. The first kappa shape index (κ1) is 16.6. The Balaban J connectivity index is 1.31. The fraction of sp³-hybridized carbons (Fsp3) is 0.524. The van der Waals surface area contributed by atoms with E-state index in [9.17, 15) is 5.11 Å². The molecule has 146 valence electrons. The zero-order valence-electron chi connectivity index (χ0n) is 16.1. The molecule has 5 heterocycles. The Kier molecular flexibility index (Phi) is 3.58. The molecule has 3 aromatic rings. The highest BCUT2D eigenvalue weighted by molar-refractivity contribution is 5.79. The summed E-state index contributed by atoms with van der Waals surface area (Å²) in [7, 11) is 1.94. The van der Waals surface area contributed by atoms with Crippen molar-refractivity contribution in [1.82, 2.24) is 24.3 Å². The summed E-state index contributed by atoms with van der Waals surface area (Å²) in [6.07, 6.45) is 12.3. The SMILES string of the molecule is Cn1cc(-c2cc3c(N4CC5CCC(C4)N5[C@H]4C[C@@H](O)C4)ccnn3c2)cn1. The van der Waals surface area contributed by atoms with Crippen LogP contribution in [0.15, 0.2) is 36.9 Å². The summed E-state index contributed by atoms with van der Waals surface area (Å²) in [6.45, 7) is 2.13. The van der Waals surface area contributed by atoms with E-state index in [4.69, 9.17) is 0 Å². The van der Waals surface area contributed by atoms with Crippen LogP contribution in [-0.2, 0) is 7.05 Å². The van der Waals surface area contributed by atoms with Crippen LogP contribution in [0.1, 0.15) is 25.7 Å². The molecule has 1 saturated carbocycles. The molecule has 1 N–H and O–H groups in total. The van der Waals surface area contributed by atoms with E-state index in [-0.39, 0.29) is 6.10 Å². The van der Waals surface area contributed by atoms with Crippen molar-refractivity contribution in [3.8, 4) is 11.1 Å². The van der Waals surface area contributed by atoms with Crippen molar-refractivity contribution in [1.29, 1.82) is 0 Å². The first-order valence-electron chi connectivity index (χ1n) is 10.3. The monoisotopic (exact) mass is 378 g/mol. The summed E-state index contributed by atoms with van der Waals surface area (Å²) < 4.78 is 3.83. The van der Waals surface area contributed by atoms with Crippen LogP contribution in [0.5, 0.6) is 0 Å². The second kappa shape index (κ2) is 6.06. The largest absolute Gasteiger partial charge is 0.393 e. The standard InChI is InChI=1S/C21H26N6O/c1-24-10-15(9-23-24)14-6-21-20(4-5-22-26(21)11-14)25-12-16-2-3-17(13-25)27(16)18-7-19(28)8-18/h4-6,9-11,16-19,28H,2-3,7-8,12-13H2,1H3/t16?,17?,18-,19+. The molecule has 0 aromatic carbocycles. The topological polar surface area (TPSA) is 61.8 Å². The molecule has 0 spiro atoms. The van der Waals surface area contributed by atoms with Gasteiger partial charge in [0, 0.05) is 68.0 Å². The maximum absolute atomic E-state index is 9.74. The van der Waals surface area contributed by atoms with Gasteiger partial charge in [0.05, 0.1) is 23.5 Å². The maximum atomic E-state index is 9.74. The molecule has 2 bridgehead atoms. The summed E-state index contributed by atoms with van der Waals surface area (Å²) in [6, 6.07) is 6.20. The molecule has 7 nitrogen and oxygen atoms in total. The Morgan fingerprint density at radius 1 is 1.00 bits per heavy atom. The molecule has 1 aliphatic carbocycles. The lowest BCUT2D eigenvalue weighted by Gasteiger charge is -2.50. The highest BCUT2D eigenvalue weighted by Crippen LogP contribution is 2.40. The van der Waals surface area contributed by atoms with Crippen molar-refractivity contribution < 1.29 is 5.11 Å². The fourth-order valence-electron chi connectivity index (χ4n) is 5.53. The third-order valence-electron chi connectivity index (χ3n) is 6.91. The predicted octanol–water partition coefficient (Wildman–Crippen LogP) is 1.91. The number of piperazine rings is 1. The Morgan fingerprint density at radius 2 is 1.79 bits per heavy atom. The summed E-state index contributed by atoms with van der Waals surface area (Å²) in [4.78, 5) is 5.28. The molecule has 2 unspecified atom stereocenters. The lowest BCUT2D eigenvalue weighted by molar-refractivity contribution is -0.0245. The lowest BCUT2D eigenvalue weighted by Crippen LogP contribution is -2.60. The van der Waals surface area contributed by atoms with Crippen molar-refractivity contribution in [2.45, 2.75) is 49.9 Å². The Labute approximate surface area is 164 Å². The van der Waals surface area contributed by atoms with E-state index in [1.54, 1.807) is 0 Å². The number of aromatic nitrogens is 4. The molecule has 28 heavy (non-hydrogen) atoms. The van der Waals surface area contributed by atoms with Gasteiger partial charge in [0.25, 0.3) is 0 Å². The predicted molar refractivity (Wildman–Crippen MR) is 107 cm³/mol. The van der Waals surface area contributed by atoms with Crippen LogP contribution >= 0.6 is 0 Å². The fourth-order valence-corrected chi connectivity index (χ4v) is 5.53. The van der Waals surface area contributed by atoms with Crippen molar-refractivity contribution in [2.75, 3.05) is 18.0 Å². The number of aliphatic hydroxyl groups is 1. The maximum Gasteiger partial charge on any atom is 0.0886 e. The number of rotatable bonds is 3. The van der Waals surface area contributed by atoms with Gasteiger partial charge in [-0.3, -0.25) is 9.58 Å². The minimum atomic E-state index is -0.0751. The normalized spacial score (nSPS) is 30.1. The second-order valence-corrected chi connectivity index (χ2v) is 8.69. The minimum Gasteiger partial charge on any atom is -0.393 e. The number of aryl methyl sites for hydroxylation is 1. The molecular formula is C21H26N6O. The average molecular weight is 378 g/mol. The zero-order chi connectivity index (χ0) is 18.8. The van der Waals surface area contributed by atoms with Gasteiger partial charge in [-0.15, -0.1) is 0 Å². The first-order chi connectivity index (χ1) is 13.7. The molecule has 2 saturated heterocycles. The van der Waals surface area contributed by atoms with Crippen molar-refractivity contribution in [3.63, 3.8) is 0 Å². The van der Waals surface area contributed by atoms with Gasteiger partial charge >= 0.3 is 0 Å². The number of hydrogen-bond acceptors (Lipinski definition) is 5. The summed E-state index contributed by atoms with van der Waals surface area (Å²) in [5, 5.41) is 18.6. The highest BCUT2D eigenvalue weighted by atomic mass is 16.3. The van der Waals surface area contributed by atoms with Crippen LogP contribution in [0, 0.1) is 0 Å². The van der Waals surface area contributed by atoms with Crippen LogP contribution < -0.4 is 4.90 Å². The van der Waals surface area contributed by atoms with Crippen LogP contribution in [0.25, 0.3) is 16.6 Å². The van der Waals surface area contributed by atoms with Crippen LogP contribution in [0.3, 0.4) is 0 Å². The second-order valence-electron chi connectivity index (χ2n) is 8.69. The minimum absolute atomic E-state index is 0.0751. The van der Waals surface area contributed by atoms with E-state index in [0.717, 1.165) is 42.6 Å². The van der Waals surface area contributed by atoms with Gasteiger partial charge in [-0.2, -0.15) is 10.2 Å². The van der Waals surface area contributed by atoms with Gasteiger partial charge in [-0.25, -0.2) is 4.52 Å². The molecular weight excluding hydrogens is 352 g/mol. The van der Waals surface area contributed by atoms with E-state index >= 15 is 0 Å². The quantitative estimate of drug-likeness (QED) is 0.754. The number of aliphatic hydroxyl groups excluding tert-OH is 1. The molecule has 0 radical (unpaired) electrons. The lowest BCUT2D eigenvalue weighted by atomic mass is 9.86. The Hall–Kier alpha value is -2.38. The van der Waals surface area contributed by atoms with Gasteiger partial charge in [0.2, 0.25) is 0 Å². The number of anilines is 1. The molecule has 6 rings (SSSR count).